The molecule has 1 aliphatic rings. The molecule has 3 rings (SSSR count). The topological polar surface area (TPSA) is 41.9 Å². The van der Waals surface area contributed by atoms with Crippen LogP contribution in [0.5, 0.6) is 17.2 Å². The molecular formula is C19H23NO3. The Morgan fingerprint density at radius 1 is 1.26 bits per heavy atom. The van der Waals surface area contributed by atoms with Crippen LogP contribution in [-0.4, -0.2) is 31.4 Å². The van der Waals surface area contributed by atoms with Crippen LogP contribution in [0.3, 0.4) is 0 Å². The SMILES string of the molecule is CCN1CC(Cc2cc(C)ccc2OC)Oc2ccc(O)cc21. The first-order chi connectivity index (χ1) is 11.1. The van der Waals surface area contributed by atoms with Gasteiger partial charge in [0, 0.05) is 19.0 Å². The molecule has 0 fully saturated rings. The molecule has 0 bridgehead atoms. The smallest absolute Gasteiger partial charge is 0.143 e. The number of phenolic OH excluding ortho intramolecular Hbond substituents is 1. The number of fused-ring (bicyclic) bond motifs is 1. The molecule has 1 aliphatic heterocycles. The van der Waals surface area contributed by atoms with Gasteiger partial charge in [-0.25, -0.2) is 0 Å². The quantitative estimate of drug-likeness (QED) is 0.937. The number of rotatable bonds is 4. The van der Waals surface area contributed by atoms with E-state index in [-0.39, 0.29) is 11.9 Å². The number of ether oxygens (including phenoxy) is 2. The van der Waals surface area contributed by atoms with Crippen LogP contribution in [0.1, 0.15) is 18.1 Å². The first-order valence-electron chi connectivity index (χ1n) is 7.99. The Hall–Kier alpha value is -2.36. The number of methoxy groups -OCH3 is 1. The fourth-order valence-corrected chi connectivity index (χ4v) is 3.13. The summed E-state index contributed by atoms with van der Waals surface area (Å²) in [5.41, 5.74) is 3.34. The van der Waals surface area contributed by atoms with Crippen LogP contribution < -0.4 is 14.4 Å². The first kappa shape index (κ1) is 15.5. The van der Waals surface area contributed by atoms with Gasteiger partial charge < -0.3 is 19.5 Å². The first-order valence-corrected chi connectivity index (χ1v) is 7.99. The Bertz CT molecular complexity index is 699. The third-order valence-electron chi connectivity index (χ3n) is 4.27. The number of likely N-dealkylation sites (N-methyl/N-ethyl adjacent to an activating group) is 1. The van der Waals surface area contributed by atoms with Crippen LogP contribution in [0.4, 0.5) is 5.69 Å². The highest BCUT2D eigenvalue weighted by molar-refractivity contribution is 5.63. The predicted octanol–water partition coefficient (Wildman–Crippen LogP) is 3.54. The standard InChI is InChI=1S/C19H23NO3/c1-4-20-12-16(23-19-8-6-15(21)11-17(19)20)10-14-9-13(2)5-7-18(14)22-3/h5-9,11,16,21H,4,10,12H2,1-3H3. The van der Waals surface area contributed by atoms with E-state index in [2.05, 4.69) is 30.9 Å². The van der Waals surface area contributed by atoms with Crippen LogP contribution in [0, 0.1) is 6.92 Å². The van der Waals surface area contributed by atoms with Crippen LogP contribution in [-0.2, 0) is 6.42 Å². The summed E-state index contributed by atoms with van der Waals surface area (Å²) in [7, 11) is 1.70. The Labute approximate surface area is 137 Å². The average molecular weight is 313 g/mol. The number of phenols is 1. The van der Waals surface area contributed by atoms with Crippen LogP contribution in [0.25, 0.3) is 0 Å². The van der Waals surface area contributed by atoms with Gasteiger partial charge in [0.2, 0.25) is 0 Å². The minimum absolute atomic E-state index is 0.0580. The van der Waals surface area contributed by atoms with Crippen LogP contribution in [0.15, 0.2) is 36.4 Å². The second-order valence-corrected chi connectivity index (χ2v) is 5.95. The summed E-state index contributed by atoms with van der Waals surface area (Å²) in [5, 5.41) is 9.70. The van der Waals surface area contributed by atoms with Gasteiger partial charge in [0.15, 0.2) is 0 Å². The predicted molar refractivity (Wildman–Crippen MR) is 91.8 cm³/mol. The molecule has 1 heterocycles. The third-order valence-corrected chi connectivity index (χ3v) is 4.27. The molecule has 1 N–H and O–H groups in total. The second kappa shape index (κ2) is 6.41. The van der Waals surface area contributed by atoms with E-state index in [0.717, 1.165) is 42.3 Å². The summed E-state index contributed by atoms with van der Waals surface area (Å²) in [6.45, 7) is 5.87. The molecule has 2 aromatic carbocycles. The Morgan fingerprint density at radius 3 is 2.83 bits per heavy atom. The van der Waals surface area contributed by atoms with Crippen molar-refractivity contribution in [2.24, 2.45) is 0 Å². The lowest BCUT2D eigenvalue weighted by atomic mass is 10.0. The molecule has 0 spiro atoms. The van der Waals surface area contributed by atoms with E-state index in [1.54, 1.807) is 19.2 Å². The molecule has 4 heteroatoms. The summed E-state index contributed by atoms with van der Waals surface area (Å²) in [4.78, 5) is 2.24. The van der Waals surface area contributed by atoms with E-state index in [1.807, 2.05) is 12.1 Å². The highest BCUT2D eigenvalue weighted by Crippen LogP contribution is 2.37. The normalized spacial score (nSPS) is 16.7. The van der Waals surface area contributed by atoms with E-state index in [0.29, 0.717) is 0 Å². The molecule has 0 aliphatic carbocycles. The monoisotopic (exact) mass is 313 g/mol. The Morgan fingerprint density at radius 2 is 2.09 bits per heavy atom. The van der Waals surface area contributed by atoms with Gasteiger partial charge in [0.25, 0.3) is 0 Å². The van der Waals surface area contributed by atoms with Crippen LogP contribution in [0.2, 0.25) is 0 Å². The van der Waals surface area contributed by atoms with E-state index in [9.17, 15) is 5.11 Å². The number of anilines is 1. The van der Waals surface area contributed by atoms with Crippen LogP contribution >= 0.6 is 0 Å². The zero-order valence-electron chi connectivity index (χ0n) is 13.9. The summed E-state index contributed by atoms with van der Waals surface area (Å²) in [5.74, 6) is 2.00. The van der Waals surface area contributed by atoms with Gasteiger partial charge in [-0.05, 0) is 37.6 Å². The fraction of sp³-hybridized carbons (Fsp3) is 0.368. The Balaban J connectivity index is 1.86. The number of nitrogens with zero attached hydrogens (tertiary/aromatic N) is 1. The summed E-state index contributed by atoms with van der Waals surface area (Å²) in [6.07, 6.45) is 0.851. The molecule has 122 valence electrons. The van der Waals surface area contributed by atoms with E-state index >= 15 is 0 Å². The lowest BCUT2D eigenvalue weighted by Crippen LogP contribution is -2.41. The maximum absolute atomic E-state index is 9.70. The zero-order valence-corrected chi connectivity index (χ0v) is 13.9. The maximum Gasteiger partial charge on any atom is 0.143 e. The molecule has 2 aromatic rings. The summed E-state index contributed by atoms with van der Waals surface area (Å²) < 4.78 is 11.6. The molecular weight excluding hydrogens is 290 g/mol. The molecule has 4 nitrogen and oxygen atoms in total. The van der Waals surface area contributed by atoms with Gasteiger partial charge >= 0.3 is 0 Å². The minimum Gasteiger partial charge on any atom is -0.508 e. The van der Waals surface area contributed by atoms with Crippen molar-refractivity contribution in [2.75, 3.05) is 25.1 Å². The van der Waals surface area contributed by atoms with Gasteiger partial charge in [-0.3, -0.25) is 0 Å². The van der Waals surface area contributed by atoms with Gasteiger partial charge in [0.1, 0.15) is 23.4 Å². The van der Waals surface area contributed by atoms with Crippen molar-refractivity contribution in [3.05, 3.63) is 47.5 Å². The minimum atomic E-state index is 0.0580. The molecule has 0 radical (unpaired) electrons. The van der Waals surface area contributed by atoms with Crippen molar-refractivity contribution < 1.29 is 14.6 Å². The zero-order chi connectivity index (χ0) is 16.4. The van der Waals surface area contributed by atoms with Crippen molar-refractivity contribution in [3.8, 4) is 17.2 Å². The molecule has 0 aromatic heterocycles. The highest BCUT2D eigenvalue weighted by atomic mass is 16.5. The summed E-state index contributed by atoms with van der Waals surface area (Å²) >= 11 is 0. The van der Waals surface area contributed by atoms with Crippen molar-refractivity contribution in [1.29, 1.82) is 0 Å². The molecule has 23 heavy (non-hydrogen) atoms. The Kier molecular flexibility index (Phi) is 4.33. The second-order valence-electron chi connectivity index (χ2n) is 5.95. The molecule has 1 atom stereocenters. The number of hydrogen-bond acceptors (Lipinski definition) is 4. The lowest BCUT2D eigenvalue weighted by molar-refractivity contribution is 0.192. The number of hydrogen-bond donors (Lipinski definition) is 1. The van der Waals surface area contributed by atoms with Crippen molar-refractivity contribution in [2.45, 2.75) is 26.4 Å². The lowest BCUT2D eigenvalue weighted by Gasteiger charge is -2.36. The van der Waals surface area contributed by atoms with Gasteiger partial charge in [-0.1, -0.05) is 17.7 Å². The van der Waals surface area contributed by atoms with E-state index in [4.69, 9.17) is 9.47 Å². The van der Waals surface area contributed by atoms with Crippen molar-refractivity contribution >= 4 is 5.69 Å². The molecule has 1 unspecified atom stereocenters. The van der Waals surface area contributed by atoms with Gasteiger partial charge in [-0.2, -0.15) is 0 Å². The van der Waals surface area contributed by atoms with Gasteiger partial charge in [-0.15, -0.1) is 0 Å². The van der Waals surface area contributed by atoms with E-state index in [1.165, 1.54) is 5.56 Å². The number of aryl methyl sites for hydroxylation is 1. The fourth-order valence-electron chi connectivity index (χ4n) is 3.13. The molecule has 0 saturated carbocycles. The molecule has 0 amide bonds. The van der Waals surface area contributed by atoms with E-state index < -0.39 is 0 Å². The number of benzene rings is 2. The average Bonchev–Trinajstić information content (AvgIpc) is 2.54. The maximum atomic E-state index is 9.70. The molecule has 0 saturated heterocycles. The van der Waals surface area contributed by atoms with Crippen molar-refractivity contribution in [1.82, 2.24) is 0 Å². The highest BCUT2D eigenvalue weighted by Gasteiger charge is 2.26. The van der Waals surface area contributed by atoms with Crippen molar-refractivity contribution in [3.63, 3.8) is 0 Å². The largest absolute Gasteiger partial charge is 0.508 e. The van der Waals surface area contributed by atoms with Gasteiger partial charge in [0.05, 0.1) is 19.3 Å². The number of aromatic hydroxyl groups is 1. The summed E-state index contributed by atoms with van der Waals surface area (Å²) in [6, 6.07) is 11.5. The third kappa shape index (κ3) is 3.21.